The average molecular weight is 278 g/mol. The number of hydrogen-bond donors (Lipinski definition) is 1. The number of nitrogens with one attached hydrogen (secondary N) is 1. The van der Waals surface area contributed by atoms with Crippen molar-refractivity contribution in [1.29, 1.82) is 0 Å². The Labute approximate surface area is 116 Å². The van der Waals surface area contributed by atoms with E-state index in [-0.39, 0.29) is 0 Å². The Morgan fingerprint density at radius 1 is 1.39 bits per heavy atom. The standard InChI is InChI=1S/C13H12ClN3S/c14-10-7-9-3-1-4-11(12(9)16-8-10)17-6-2-5-15-13(17)18/h1,3-4,7-8H,2,5-6H2,(H,15,18). The lowest BCUT2D eigenvalue weighted by molar-refractivity contribution is 0.723. The van der Waals surface area contributed by atoms with E-state index in [9.17, 15) is 0 Å². The summed E-state index contributed by atoms with van der Waals surface area (Å²) >= 11 is 11.3. The van der Waals surface area contributed by atoms with Crippen LogP contribution in [0.5, 0.6) is 0 Å². The lowest BCUT2D eigenvalue weighted by Crippen LogP contribution is -2.46. The lowest BCUT2D eigenvalue weighted by atomic mass is 10.1. The number of fused-ring (bicyclic) bond motifs is 1. The molecule has 0 aliphatic carbocycles. The fourth-order valence-electron chi connectivity index (χ4n) is 2.19. The summed E-state index contributed by atoms with van der Waals surface area (Å²) in [7, 11) is 0. The number of halogens is 1. The number of thiocarbonyl (C=S) groups is 1. The quantitative estimate of drug-likeness (QED) is 0.811. The molecule has 0 saturated carbocycles. The van der Waals surface area contributed by atoms with Gasteiger partial charge in [0.05, 0.1) is 16.2 Å². The van der Waals surface area contributed by atoms with E-state index in [1.165, 1.54) is 0 Å². The van der Waals surface area contributed by atoms with Crippen LogP contribution in [0.1, 0.15) is 6.42 Å². The second-order valence-corrected chi connectivity index (χ2v) is 5.06. The number of aromatic nitrogens is 1. The zero-order valence-corrected chi connectivity index (χ0v) is 11.3. The molecule has 1 aliphatic rings. The van der Waals surface area contributed by atoms with Crippen LogP contribution in [-0.2, 0) is 0 Å². The molecule has 3 rings (SSSR count). The third-order valence-corrected chi connectivity index (χ3v) is 3.60. The Morgan fingerprint density at radius 3 is 3.11 bits per heavy atom. The summed E-state index contributed by atoms with van der Waals surface area (Å²) in [5.74, 6) is 0. The van der Waals surface area contributed by atoms with E-state index in [4.69, 9.17) is 23.8 Å². The number of benzene rings is 1. The Morgan fingerprint density at radius 2 is 2.28 bits per heavy atom. The maximum atomic E-state index is 5.97. The molecule has 18 heavy (non-hydrogen) atoms. The van der Waals surface area contributed by atoms with E-state index in [1.54, 1.807) is 6.20 Å². The van der Waals surface area contributed by atoms with Gasteiger partial charge in [0.1, 0.15) is 0 Å². The summed E-state index contributed by atoms with van der Waals surface area (Å²) in [6.07, 6.45) is 2.75. The summed E-state index contributed by atoms with van der Waals surface area (Å²) in [5, 5.41) is 5.67. The van der Waals surface area contributed by atoms with Crippen molar-refractivity contribution in [2.45, 2.75) is 6.42 Å². The van der Waals surface area contributed by atoms with Gasteiger partial charge in [-0.1, -0.05) is 23.7 Å². The molecule has 0 amide bonds. The first-order valence-electron chi connectivity index (χ1n) is 5.85. The highest BCUT2D eigenvalue weighted by Gasteiger charge is 2.18. The topological polar surface area (TPSA) is 28.2 Å². The third kappa shape index (κ3) is 2.02. The second-order valence-electron chi connectivity index (χ2n) is 4.24. The lowest BCUT2D eigenvalue weighted by Gasteiger charge is -2.30. The van der Waals surface area contributed by atoms with Crippen molar-refractivity contribution >= 4 is 45.5 Å². The van der Waals surface area contributed by atoms with Crippen molar-refractivity contribution in [1.82, 2.24) is 10.3 Å². The highest BCUT2D eigenvalue weighted by molar-refractivity contribution is 7.80. The molecule has 0 radical (unpaired) electrons. The van der Waals surface area contributed by atoms with Crippen molar-refractivity contribution in [3.63, 3.8) is 0 Å². The molecule has 0 bridgehead atoms. The molecule has 2 aromatic rings. The first-order valence-corrected chi connectivity index (χ1v) is 6.64. The van der Waals surface area contributed by atoms with Crippen LogP contribution in [0, 0.1) is 0 Å². The molecule has 1 saturated heterocycles. The van der Waals surface area contributed by atoms with Gasteiger partial charge in [0.15, 0.2) is 5.11 Å². The van der Waals surface area contributed by atoms with Crippen molar-refractivity contribution in [2.24, 2.45) is 0 Å². The summed E-state index contributed by atoms with van der Waals surface area (Å²) in [4.78, 5) is 6.53. The first kappa shape index (κ1) is 11.7. The van der Waals surface area contributed by atoms with E-state index in [0.717, 1.165) is 41.2 Å². The van der Waals surface area contributed by atoms with Crippen LogP contribution in [0.4, 0.5) is 5.69 Å². The van der Waals surface area contributed by atoms with Crippen LogP contribution >= 0.6 is 23.8 Å². The highest BCUT2D eigenvalue weighted by atomic mass is 35.5. The maximum Gasteiger partial charge on any atom is 0.173 e. The molecule has 1 aromatic carbocycles. The van der Waals surface area contributed by atoms with E-state index < -0.39 is 0 Å². The van der Waals surface area contributed by atoms with Crippen molar-refractivity contribution < 1.29 is 0 Å². The van der Waals surface area contributed by atoms with Crippen LogP contribution in [0.25, 0.3) is 10.9 Å². The van der Waals surface area contributed by atoms with Crippen molar-refractivity contribution in [3.05, 3.63) is 35.5 Å². The van der Waals surface area contributed by atoms with Crippen LogP contribution in [0.3, 0.4) is 0 Å². The van der Waals surface area contributed by atoms with Gasteiger partial charge in [-0.25, -0.2) is 0 Å². The van der Waals surface area contributed by atoms with Crippen molar-refractivity contribution in [2.75, 3.05) is 18.0 Å². The normalized spacial score (nSPS) is 15.8. The Bertz CT molecular complexity index is 614. The van der Waals surface area contributed by atoms with Crippen LogP contribution < -0.4 is 10.2 Å². The van der Waals surface area contributed by atoms with Gasteiger partial charge in [-0.3, -0.25) is 4.98 Å². The van der Waals surface area contributed by atoms with E-state index in [1.807, 2.05) is 24.3 Å². The van der Waals surface area contributed by atoms with Gasteiger partial charge < -0.3 is 10.2 Å². The van der Waals surface area contributed by atoms with Gasteiger partial charge in [0, 0.05) is 24.7 Å². The fourth-order valence-corrected chi connectivity index (χ4v) is 2.65. The maximum absolute atomic E-state index is 5.97. The molecule has 0 unspecified atom stereocenters. The van der Waals surface area contributed by atoms with Gasteiger partial charge in [-0.05, 0) is 30.8 Å². The largest absolute Gasteiger partial charge is 0.362 e. The molecular formula is C13H12ClN3S. The van der Waals surface area contributed by atoms with Gasteiger partial charge in [-0.2, -0.15) is 0 Å². The average Bonchev–Trinajstić information content (AvgIpc) is 2.38. The number of hydrogen-bond acceptors (Lipinski definition) is 2. The Hall–Kier alpha value is -1.39. The third-order valence-electron chi connectivity index (χ3n) is 3.03. The van der Waals surface area contributed by atoms with Gasteiger partial charge in [0.2, 0.25) is 0 Å². The number of anilines is 1. The molecule has 1 N–H and O–H groups in total. The molecule has 92 valence electrons. The summed E-state index contributed by atoms with van der Waals surface area (Å²) in [5.41, 5.74) is 1.98. The summed E-state index contributed by atoms with van der Waals surface area (Å²) < 4.78 is 0. The van der Waals surface area contributed by atoms with E-state index in [0.29, 0.717) is 5.02 Å². The Kier molecular flexibility index (Phi) is 3.06. The van der Waals surface area contributed by atoms with E-state index in [2.05, 4.69) is 15.2 Å². The predicted octanol–water partition coefficient (Wildman–Crippen LogP) is 2.97. The minimum Gasteiger partial charge on any atom is -0.362 e. The molecule has 0 spiro atoms. The molecular weight excluding hydrogens is 266 g/mol. The monoisotopic (exact) mass is 277 g/mol. The summed E-state index contributed by atoms with van der Waals surface area (Å²) in [6, 6.07) is 7.99. The minimum absolute atomic E-state index is 0.652. The summed E-state index contributed by atoms with van der Waals surface area (Å²) in [6.45, 7) is 1.87. The van der Waals surface area contributed by atoms with Crippen LogP contribution in [0.15, 0.2) is 30.5 Å². The van der Waals surface area contributed by atoms with Crippen LogP contribution in [0.2, 0.25) is 5.02 Å². The molecule has 5 heteroatoms. The number of nitrogens with zero attached hydrogens (tertiary/aromatic N) is 2. The first-order chi connectivity index (χ1) is 8.75. The van der Waals surface area contributed by atoms with E-state index >= 15 is 0 Å². The predicted molar refractivity (Wildman–Crippen MR) is 79.3 cm³/mol. The molecule has 1 fully saturated rings. The fraction of sp³-hybridized carbons (Fsp3) is 0.231. The highest BCUT2D eigenvalue weighted by Crippen LogP contribution is 2.27. The van der Waals surface area contributed by atoms with Gasteiger partial charge in [-0.15, -0.1) is 0 Å². The second kappa shape index (κ2) is 4.71. The smallest absolute Gasteiger partial charge is 0.173 e. The molecule has 1 aliphatic heterocycles. The van der Waals surface area contributed by atoms with Gasteiger partial charge >= 0.3 is 0 Å². The van der Waals surface area contributed by atoms with Gasteiger partial charge in [0.25, 0.3) is 0 Å². The zero-order valence-electron chi connectivity index (χ0n) is 9.69. The minimum atomic E-state index is 0.652. The number of rotatable bonds is 1. The molecule has 2 heterocycles. The molecule has 1 aromatic heterocycles. The zero-order chi connectivity index (χ0) is 12.5. The molecule has 3 nitrogen and oxygen atoms in total. The Balaban J connectivity index is 2.13. The molecule has 0 atom stereocenters. The SMILES string of the molecule is S=C1NCCCN1c1cccc2cc(Cl)cnc12. The van der Waals surface area contributed by atoms with Crippen LogP contribution in [-0.4, -0.2) is 23.2 Å². The number of para-hydroxylation sites is 1. The van der Waals surface area contributed by atoms with Crippen molar-refractivity contribution in [3.8, 4) is 0 Å². The number of pyridine rings is 1.